The molecule has 0 saturated carbocycles. The highest BCUT2D eigenvalue weighted by Gasteiger charge is 2.41. The van der Waals surface area contributed by atoms with Crippen LogP contribution in [0.3, 0.4) is 0 Å². The van der Waals surface area contributed by atoms with Gasteiger partial charge in [-0.05, 0) is 50.8 Å². The van der Waals surface area contributed by atoms with Crippen molar-refractivity contribution in [1.82, 2.24) is 10.2 Å². The summed E-state index contributed by atoms with van der Waals surface area (Å²) in [4.78, 5) is 14.9. The Bertz CT molecular complexity index is 470. The Morgan fingerprint density at radius 3 is 2.57 bits per heavy atom. The molecule has 1 aliphatic rings. The number of likely N-dealkylation sites (N-methyl/N-ethyl adjacent to an activating group) is 1. The molecule has 118 valence electrons. The number of carbonyl (C=O) groups is 1. The molecule has 0 radical (unpaired) electrons. The first kappa shape index (κ1) is 18.0. The maximum absolute atomic E-state index is 12.9. The third-order valence-electron chi connectivity index (χ3n) is 4.55. The first-order valence-electron chi connectivity index (χ1n) is 7.72. The lowest BCUT2D eigenvalue weighted by Gasteiger charge is -2.33. The standard InChI is InChI=1S/C17H26N2O.ClH/c1-4-17(11-8-12-18-17)16(20)19(5-2)13-15-10-7-6-9-14(15)3;/h6-7,9-10,18H,4-5,8,11-13H2,1-3H3;1H. The van der Waals surface area contributed by atoms with E-state index in [0.717, 1.165) is 32.4 Å². The number of hydrogen-bond acceptors (Lipinski definition) is 2. The van der Waals surface area contributed by atoms with Crippen molar-refractivity contribution >= 4 is 18.3 Å². The van der Waals surface area contributed by atoms with Gasteiger partial charge in [-0.2, -0.15) is 0 Å². The smallest absolute Gasteiger partial charge is 0.243 e. The van der Waals surface area contributed by atoms with Crippen molar-refractivity contribution in [3.05, 3.63) is 35.4 Å². The molecule has 21 heavy (non-hydrogen) atoms. The molecule has 1 fully saturated rings. The van der Waals surface area contributed by atoms with Crippen LogP contribution in [0.15, 0.2) is 24.3 Å². The Morgan fingerprint density at radius 1 is 1.33 bits per heavy atom. The number of nitrogens with zero attached hydrogens (tertiary/aromatic N) is 1. The molecule has 1 amide bonds. The van der Waals surface area contributed by atoms with E-state index in [1.807, 2.05) is 17.0 Å². The third kappa shape index (κ3) is 3.78. The van der Waals surface area contributed by atoms with Crippen molar-refractivity contribution in [2.24, 2.45) is 0 Å². The van der Waals surface area contributed by atoms with Crippen molar-refractivity contribution in [1.29, 1.82) is 0 Å². The summed E-state index contributed by atoms with van der Waals surface area (Å²) in [5.41, 5.74) is 2.18. The number of rotatable bonds is 5. The second-order valence-electron chi connectivity index (χ2n) is 5.71. The van der Waals surface area contributed by atoms with Crippen LogP contribution in [0.2, 0.25) is 0 Å². The molecule has 0 bridgehead atoms. The van der Waals surface area contributed by atoms with Gasteiger partial charge in [0, 0.05) is 13.1 Å². The van der Waals surface area contributed by atoms with Gasteiger partial charge in [-0.1, -0.05) is 31.2 Å². The van der Waals surface area contributed by atoms with Gasteiger partial charge in [0.15, 0.2) is 0 Å². The highest BCUT2D eigenvalue weighted by molar-refractivity contribution is 5.86. The summed E-state index contributed by atoms with van der Waals surface area (Å²) in [5.74, 6) is 0.267. The molecular weight excluding hydrogens is 284 g/mol. The van der Waals surface area contributed by atoms with Crippen molar-refractivity contribution in [2.45, 2.75) is 52.1 Å². The van der Waals surface area contributed by atoms with Crippen LogP contribution >= 0.6 is 12.4 Å². The molecule has 4 heteroatoms. The minimum absolute atomic E-state index is 0. The molecule has 2 rings (SSSR count). The lowest BCUT2D eigenvalue weighted by molar-refractivity contribution is -0.138. The Labute approximate surface area is 134 Å². The monoisotopic (exact) mass is 310 g/mol. The Hall–Kier alpha value is -1.06. The predicted octanol–water partition coefficient (Wildman–Crippen LogP) is 3.30. The summed E-state index contributed by atoms with van der Waals surface area (Å²) < 4.78 is 0. The molecule has 0 spiro atoms. The summed E-state index contributed by atoms with van der Waals surface area (Å²) in [5, 5.41) is 3.44. The van der Waals surface area contributed by atoms with Crippen LogP contribution in [0, 0.1) is 6.92 Å². The van der Waals surface area contributed by atoms with Gasteiger partial charge in [0.25, 0.3) is 0 Å². The number of nitrogens with one attached hydrogen (secondary N) is 1. The molecular formula is C17H27ClN2O. The van der Waals surface area contributed by atoms with Crippen molar-refractivity contribution in [3.8, 4) is 0 Å². The Balaban J connectivity index is 0.00000220. The molecule has 1 unspecified atom stereocenters. The zero-order valence-electron chi connectivity index (χ0n) is 13.3. The average molecular weight is 311 g/mol. The second-order valence-corrected chi connectivity index (χ2v) is 5.71. The van der Waals surface area contributed by atoms with Crippen LogP contribution in [-0.2, 0) is 11.3 Å². The van der Waals surface area contributed by atoms with E-state index in [1.165, 1.54) is 11.1 Å². The third-order valence-corrected chi connectivity index (χ3v) is 4.55. The fourth-order valence-corrected chi connectivity index (χ4v) is 3.06. The van der Waals surface area contributed by atoms with E-state index in [1.54, 1.807) is 0 Å². The summed E-state index contributed by atoms with van der Waals surface area (Å²) in [6.45, 7) is 8.72. The molecule has 1 heterocycles. The molecule has 3 nitrogen and oxygen atoms in total. The summed E-state index contributed by atoms with van der Waals surface area (Å²) in [6.07, 6.45) is 2.93. The fraction of sp³-hybridized carbons (Fsp3) is 0.588. The molecule has 0 aromatic heterocycles. The lowest BCUT2D eigenvalue weighted by Crippen LogP contribution is -2.54. The minimum atomic E-state index is -0.321. The van der Waals surface area contributed by atoms with Crippen molar-refractivity contribution < 1.29 is 4.79 Å². The molecule has 1 aromatic carbocycles. The Kier molecular flexibility index (Phi) is 6.69. The van der Waals surface area contributed by atoms with Gasteiger partial charge in [0.2, 0.25) is 5.91 Å². The SMILES string of the molecule is CCN(Cc1ccccc1C)C(=O)C1(CC)CCCN1.Cl. The van der Waals surface area contributed by atoms with Crippen molar-refractivity contribution in [3.63, 3.8) is 0 Å². The number of amides is 1. The quantitative estimate of drug-likeness (QED) is 0.905. The number of halogens is 1. The van der Waals surface area contributed by atoms with Crippen LogP contribution in [0.5, 0.6) is 0 Å². The molecule has 1 atom stereocenters. The molecule has 1 saturated heterocycles. The van der Waals surface area contributed by atoms with E-state index in [-0.39, 0.29) is 23.9 Å². The predicted molar refractivity (Wildman–Crippen MR) is 89.8 cm³/mol. The highest BCUT2D eigenvalue weighted by atomic mass is 35.5. The molecule has 0 aliphatic carbocycles. The van der Waals surface area contributed by atoms with Crippen LogP contribution in [-0.4, -0.2) is 29.4 Å². The fourth-order valence-electron chi connectivity index (χ4n) is 3.06. The lowest BCUT2D eigenvalue weighted by atomic mass is 9.92. The normalized spacial score (nSPS) is 20.9. The van der Waals surface area contributed by atoms with Crippen LogP contribution in [0.1, 0.15) is 44.2 Å². The maximum Gasteiger partial charge on any atom is 0.243 e. The van der Waals surface area contributed by atoms with Gasteiger partial charge < -0.3 is 10.2 Å². The van der Waals surface area contributed by atoms with E-state index in [4.69, 9.17) is 0 Å². The Morgan fingerprint density at radius 2 is 2.05 bits per heavy atom. The first-order chi connectivity index (χ1) is 9.63. The topological polar surface area (TPSA) is 32.3 Å². The summed E-state index contributed by atoms with van der Waals surface area (Å²) in [6, 6.07) is 8.32. The molecule has 1 aliphatic heterocycles. The van der Waals surface area contributed by atoms with E-state index in [0.29, 0.717) is 6.54 Å². The summed E-state index contributed by atoms with van der Waals surface area (Å²) in [7, 11) is 0. The maximum atomic E-state index is 12.9. The van der Waals surface area contributed by atoms with Gasteiger partial charge in [-0.25, -0.2) is 0 Å². The van der Waals surface area contributed by atoms with Crippen LogP contribution < -0.4 is 5.32 Å². The largest absolute Gasteiger partial charge is 0.337 e. The van der Waals surface area contributed by atoms with E-state index >= 15 is 0 Å². The van der Waals surface area contributed by atoms with Gasteiger partial charge in [-0.15, -0.1) is 12.4 Å². The van der Waals surface area contributed by atoms with Crippen LogP contribution in [0.25, 0.3) is 0 Å². The molecule has 1 N–H and O–H groups in total. The summed E-state index contributed by atoms with van der Waals surface area (Å²) >= 11 is 0. The number of aryl methyl sites for hydroxylation is 1. The second kappa shape index (κ2) is 7.81. The first-order valence-corrected chi connectivity index (χ1v) is 7.72. The zero-order chi connectivity index (χ0) is 14.6. The van der Waals surface area contributed by atoms with E-state index < -0.39 is 0 Å². The van der Waals surface area contributed by atoms with Gasteiger partial charge in [-0.3, -0.25) is 4.79 Å². The van der Waals surface area contributed by atoms with Crippen LogP contribution in [0.4, 0.5) is 0 Å². The van der Waals surface area contributed by atoms with E-state index in [2.05, 4.69) is 38.2 Å². The van der Waals surface area contributed by atoms with Crippen molar-refractivity contribution in [2.75, 3.05) is 13.1 Å². The highest BCUT2D eigenvalue weighted by Crippen LogP contribution is 2.26. The van der Waals surface area contributed by atoms with Gasteiger partial charge >= 0.3 is 0 Å². The number of benzene rings is 1. The van der Waals surface area contributed by atoms with Gasteiger partial charge in [0.05, 0.1) is 5.54 Å². The van der Waals surface area contributed by atoms with Gasteiger partial charge in [0.1, 0.15) is 0 Å². The zero-order valence-corrected chi connectivity index (χ0v) is 14.1. The minimum Gasteiger partial charge on any atom is -0.337 e. The molecule has 1 aromatic rings. The number of hydrogen-bond donors (Lipinski definition) is 1. The average Bonchev–Trinajstić information content (AvgIpc) is 2.96. The van der Waals surface area contributed by atoms with E-state index in [9.17, 15) is 4.79 Å². The number of carbonyl (C=O) groups excluding carboxylic acids is 1.